The van der Waals surface area contributed by atoms with E-state index >= 15 is 0 Å². The van der Waals surface area contributed by atoms with Crippen LogP contribution in [0.4, 0.5) is 5.13 Å². The predicted molar refractivity (Wildman–Crippen MR) is 95.4 cm³/mol. The summed E-state index contributed by atoms with van der Waals surface area (Å²) in [7, 11) is 0. The van der Waals surface area contributed by atoms with Crippen molar-refractivity contribution in [3.63, 3.8) is 0 Å². The zero-order chi connectivity index (χ0) is 15.5. The molecule has 1 aliphatic carbocycles. The van der Waals surface area contributed by atoms with E-state index in [4.69, 9.17) is 9.72 Å². The first-order valence-electron chi connectivity index (χ1n) is 8.51. The van der Waals surface area contributed by atoms with Gasteiger partial charge in [-0.15, -0.1) is 0 Å². The lowest BCUT2D eigenvalue weighted by Crippen LogP contribution is -2.21. The predicted octanol–water partition coefficient (Wildman–Crippen LogP) is 5.56. The number of thiazole rings is 1. The molecule has 4 heteroatoms. The Kier molecular flexibility index (Phi) is 4.87. The molecule has 1 aliphatic rings. The van der Waals surface area contributed by atoms with Gasteiger partial charge in [0, 0.05) is 6.04 Å². The van der Waals surface area contributed by atoms with Gasteiger partial charge in [0.2, 0.25) is 0 Å². The summed E-state index contributed by atoms with van der Waals surface area (Å²) in [5.41, 5.74) is 2.35. The van der Waals surface area contributed by atoms with Crippen LogP contribution in [0.2, 0.25) is 0 Å². The minimum atomic E-state index is 0.447. The third-order valence-electron chi connectivity index (χ3n) is 4.37. The van der Waals surface area contributed by atoms with Crippen LogP contribution in [-0.2, 0) is 0 Å². The number of benzene rings is 1. The first-order valence-corrected chi connectivity index (χ1v) is 9.33. The van der Waals surface area contributed by atoms with Gasteiger partial charge in [0.15, 0.2) is 5.13 Å². The molecule has 3 rings (SSSR count). The molecular formula is C18H26N2OS. The van der Waals surface area contributed by atoms with Crippen LogP contribution < -0.4 is 10.1 Å². The third-order valence-corrected chi connectivity index (χ3v) is 5.32. The Bertz CT molecular complexity index is 629. The number of hydrogen-bond donors (Lipinski definition) is 1. The quantitative estimate of drug-likeness (QED) is 0.783. The molecule has 1 saturated carbocycles. The summed E-state index contributed by atoms with van der Waals surface area (Å²) in [5, 5.41) is 4.70. The van der Waals surface area contributed by atoms with Crippen LogP contribution in [0.15, 0.2) is 12.1 Å². The standard InChI is InChI=1S/C18H26N2OS/c1-4-21-16-11-17-15(10-14(16)12(2)3)20-18(22-17)19-13-8-6-5-7-9-13/h10-13H,4-9H2,1-3H3,(H,19,20). The fourth-order valence-corrected chi connectivity index (χ4v) is 4.14. The van der Waals surface area contributed by atoms with Gasteiger partial charge in [-0.1, -0.05) is 44.4 Å². The molecule has 0 radical (unpaired) electrons. The molecule has 120 valence electrons. The highest BCUT2D eigenvalue weighted by atomic mass is 32.1. The van der Waals surface area contributed by atoms with Gasteiger partial charge in [-0.05, 0) is 43.4 Å². The highest BCUT2D eigenvalue weighted by Crippen LogP contribution is 2.36. The van der Waals surface area contributed by atoms with Gasteiger partial charge in [0.25, 0.3) is 0 Å². The van der Waals surface area contributed by atoms with Crippen molar-refractivity contribution in [3.05, 3.63) is 17.7 Å². The van der Waals surface area contributed by atoms with Gasteiger partial charge < -0.3 is 10.1 Å². The maximum Gasteiger partial charge on any atom is 0.184 e. The molecule has 1 aromatic heterocycles. The molecule has 0 aliphatic heterocycles. The lowest BCUT2D eigenvalue weighted by molar-refractivity contribution is 0.336. The van der Waals surface area contributed by atoms with Gasteiger partial charge in [-0.25, -0.2) is 4.98 Å². The average Bonchev–Trinajstić information content (AvgIpc) is 2.89. The summed E-state index contributed by atoms with van der Waals surface area (Å²) in [4.78, 5) is 4.80. The summed E-state index contributed by atoms with van der Waals surface area (Å²) in [5.74, 6) is 1.46. The van der Waals surface area contributed by atoms with Crippen molar-refractivity contribution in [1.82, 2.24) is 4.98 Å². The lowest BCUT2D eigenvalue weighted by Gasteiger charge is -2.22. The minimum Gasteiger partial charge on any atom is -0.494 e. The van der Waals surface area contributed by atoms with E-state index in [0.717, 1.165) is 16.4 Å². The first-order chi connectivity index (χ1) is 10.7. The Morgan fingerprint density at radius 2 is 2.05 bits per heavy atom. The maximum atomic E-state index is 5.82. The monoisotopic (exact) mass is 318 g/mol. The minimum absolute atomic E-state index is 0.447. The second kappa shape index (κ2) is 6.86. The fourth-order valence-electron chi connectivity index (χ4n) is 3.19. The van der Waals surface area contributed by atoms with E-state index in [2.05, 4.69) is 31.3 Å². The molecule has 0 unspecified atom stereocenters. The topological polar surface area (TPSA) is 34.1 Å². The zero-order valence-electron chi connectivity index (χ0n) is 13.8. The van der Waals surface area contributed by atoms with Gasteiger partial charge >= 0.3 is 0 Å². The number of fused-ring (bicyclic) bond motifs is 1. The Morgan fingerprint density at radius 1 is 1.27 bits per heavy atom. The summed E-state index contributed by atoms with van der Waals surface area (Å²) in [6.07, 6.45) is 6.62. The van der Waals surface area contributed by atoms with Gasteiger partial charge in [-0.2, -0.15) is 0 Å². The van der Waals surface area contributed by atoms with E-state index in [9.17, 15) is 0 Å². The number of aromatic nitrogens is 1. The van der Waals surface area contributed by atoms with Crippen molar-refractivity contribution in [2.75, 3.05) is 11.9 Å². The summed E-state index contributed by atoms with van der Waals surface area (Å²) >= 11 is 1.75. The fraction of sp³-hybridized carbons (Fsp3) is 0.611. The van der Waals surface area contributed by atoms with Crippen LogP contribution in [0.5, 0.6) is 5.75 Å². The molecule has 22 heavy (non-hydrogen) atoms. The molecule has 2 aromatic rings. The number of ether oxygens (including phenoxy) is 1. The summed E-state index contributed by atoms with van der Waals surface area (Å²) in [6.45, 7) is 7.16. The number of nitrogens with zero attached hydrogens (tertiary/aromatic N) is 1. The van der Waals surface area contributed by atoms with Crippen LogP contribution >= 0.6 is 11.3 Å². The SMILES string of the molecule is CCOc1cc2sc(NC3CCCCC3)nc2cc1C(C)C. The summed E-state index contributed by atoms with van der Waals surface area (Å²) < 4.78 is 7.04. The molecule has 1 fully saturated rings. The van der Waals surface area contributed by atoms with Crippen LogP contribution in [0.25, 0.3) is 10.2 Å². The van der Waals surface area contributed by atoms with E-state index in [1.165, 1.54) is 42.4 Å². The third kappa shape index (κ3) is 3.37. The van der Waals surface area contributed by atoms with E-state index in [1.54, 1.807) is 11.3 Å². The average molecular weight is 318 g/mol. The Morgan fingerprint density at radius 3 is 2.73 bits per heavy atom. The van der Waals surface area contributed by atoms with Crippen molar-refractivity contribution in [2.24, 2.45) is 0 Å². The largest absolute Gasteiger partial charge is 0.494 e. The number of anilines is 1. The molecule has 1 N–H and O–H groups in total. The zero-order valence-corrected chi connectivity index (χ0v) is 14.6. The highest BCUT2D eigenvalue weighted by molar-refractivity contribution is 7.22. The van der Waals surface area contributed by atoms with Crippen molar-refractivity contribution in [3.8, 4) is 5.75 Å². The second-order valence-corrected chi connectivity index (χ2v) is 7.47. The molecule has 1 heterocycles. The van der Waals surface area contributed by atoms with Crippen molar-refractivity contribution in [2.45, 2.75) is 64.8 Å². The lowest BCUT2D eigenvalue weighted by atomic mass is 9.96. The van der Waals surface area contributed by atoms with Gasteiger partial charge in [-0.3, -0.25) is 0 Å². The van der Waals surface area contributed by atoms with E-state index in [1.807, 2.05) is 6.92 Å². The maximum absolute atomic E-state index is 5.82. The second-order valence-electron chi connectivity index (χ2n) is 6.44. The number of hydrogen-bond acceptors (Lipinski definition) is 4. The van der Waals surface area contributed by atoms with E-state index in [0.29, 0.717) is 18.6 Å². The Hall–Kier alpha value is -1.29. The van der Waals surface area contributed by atoms with Crippen LogP contribution in [-0.4, -0.2) is 17.6 Å². The molecular weight excluding hydrogens is 292 g/mol. The normalized spacial score (nSPS) is 16.4. The van der Waals surface area contributed by atoms with Gasteiger partial charge in [0.05, 0.1) is 16.8 Å². The summed E-state index contributed by atoms with van der Waals surface area (Å²) in [6, 6.07) is 4.97. The number of rotatable bonds is 5. The van der Waals surface area contributed by atoms with Crippen LogP contribution in [0.3, 0.4) is 0 Å². The smallest absolute Gasteiger partial charge is 0.184 e. The molecule has 0 spiro atoms. The molecule has 0 atom stereocenters. The van der Waals surface area contributed by atoms with Crippen molar-refractivity contribution in [1.29, 1.82) is 0 Å². The molecule has 0 saturated heterocycles. The van der Waals surface area contributed by atoms with Crippen molar-refractivity contribution >= 4 is 26.7 Å². The Balaban J connectivity index is 1.87. The molecule has 0 amide bonds. The van der Waals surface area contributed by atoms with Gasteiger partial charge in [0.1, 0.15) is 5.75 Å². The Labute approximate surface area is 137 Å². The molecule has 0 bridgehead atoms. The van der Waals surface area contributed by atoms with E-state index in [-0.39, 0.29) is 0 Å². The number of nitrogens with one attached hydrogen (secondary N) is 1. The van der Waals surface area contributed by atoms with Crippen LogP contribution in [0, 0.1) is 0 Å². The molecule has 1 aromatic carbocycles. The van der Waals surface area contributed by atoms with Crippen LogP contribution in [0.1, 0.15) is 64.4 Å². The van der Waals surface area contributed by atoms with E-state index < -0.39 is 0 Å². The first kappa shape index (κ1) is 15.6. The van der Waals surface area contributed by atoms with Crippen molar-refractivity contribution < 1.29 is 4.74 Å². The highest BCUT2D eigenvalue weighted by Gasteiger charge is 2.16. The molecule has 3 nitrogen and oxygen atoms in total.